The highest BCUT2D eigenvalue weighted by Gasteiger charge is 2.15. The Kier molecular flexibility index (Phi) is 5.15. The molecule has 2 aromatic carbocycles. The molecular weight excluding hydrogens is 420 g/mol. The zero-order valence-corrected chi connectivity index (χ0v) is 17.6. The van der Waals surface area contributed by atoms with Crippen LogP contribution in [0.3, 0.4) is 0 Å². The van der Waals surface area contributed by atoms with Crippen LogP contribution < -0.4 is 15.6 Å². The van der Waals surface area contributed by atoms with E-state index >= 15 is 0 Å². The number of nitrogens with zero attached hydrogens (tertiary/aromatic N) is 2. The third-order valence-electron chi connectivity index (χ3n) is 4.57. The first-order valence-corrected chi connectivity index (χ1v) is 11.3. The van der Waals surface area contributed by atoms with Crippen molar-refractivity contribution in [1.82, 2.24) is 9.55 Å². The van der Waals surface area contributed by atoms with E-state index in [2.05, 4.69) is 21.6 Å². The number of nitrogens with one attached hydrogen (secondary N) is 2. The van der Waals surface area contributed by atoms with Gasteiger partial charge in [-0.15, -0.1) is 11.3 Å². The normalized spacial score (nSPS) is 11.4. The molecular formula is C21H18N4O3S2. The van der Waals surface area contributed by atoms with Gasteiger partial charge in [-0.1, -0.05) is 24.8 Å². The number of hydrogen-bond acceptors (Lipinski definition) is 6. The van der Waals surface area contributed by atoms with Gasteiger partial charge in [0.05, 0.1) is 11.7 Å². The number of anilines is 3. The highest BCUT2D eigenvalue weighted by Crippen LogP contribution is 2.37. The van der Waals surface area contributed by atoms with Crippen LogP contribution in [-0.4, -0.2) is 18.0 Å². The Morgan fingerprint density at radius 2 is 1.90 bits per heavy atom. The molecule has 0 spiro atoms. The Balaban J connectivity index is 1.96. The highest BCUT2D eigenvalue weighted by atomic mass is 32.2. The highest BCUT2D eigenvalue weighted by molar-refractivity contribution is 7.95. The maximum absolute atomic E-state index is 12.6. The SMILES string of the molecule is C=CS(=O)(=O)Nc1ccc(Nc2cncs2)c(-c2cn(C)c(=O)c3ccccc23)c1. The molecule has 0 saturated heterocycles. The minimum Gasteiger partial charge on any atom is -0.345 e. The Labute approximate surface area is 177 Å². The van der Waals surface area contributed by atoms with Gasteiger partial charge in [-0.2, -0.15) is 0 Å². The van der Waals surface area contributed by atoms with Crippen molar-refractivity contribution in [3.05, 3.63) is 82.7 Å². The van der Waals surface area contributed by atoms with Gasteiger partial charge in [-0.3, -0.25) is 14.5 Å². The van der Waals surface area contributed by atoms with Crippen molar-refractivity contribution >= 4 is 48.5 Å². The van der Waals surface area contributed by atoms with Crippen LogP contribution in [0.25, 0.3) is 21.9 Å². The van der Waals surface area contributed by atoms with Crippen molar-refractivity contribution in [1.29, 1.82) is 0 Å². The average molecular weight is 439 g/mol. The van der Waals surface area contributed by atoms with E-state index in [1.54, 1.807) is 49.2 Å². The average Bonchev–Trinajstić information content (AvgIpc) is 3.25. The summed E-state index contributed by atoms with van der Waals surface area (Å²) >= 11 is 1.45. The van der Waals surface area contributed by atoms with Gasteiger partial charge in [0.1, 0.15) is 5.00 Å². The molecule has 2 heterocycles. The van der Waals surface area contributed by atoms with E-state index in [1.165, 1.54) is 15.9 Å². The van der Waals surface area contributed by atoms with Crippen molar-refractivity contribution in [3.63, 3.8) is 0 Å². The summed E-state index contributed by atoms with van der Waals surface area (Å²) < 4.78 is 28.0. The van der Waals surface area contributed by atoms with Crippen LogP contribution in [0, 0.1) is 0 Å². The number of hydrogen-bond donors (Lipinski definition) is 2. The number of pyridine rings is 1. The van der Waals surface area contributed by atoms with Crippen LogP contribution in [0.15, 0.2) is 77.2 Å². The zero-order valence-electron chi connectivity index (χ0n) is 16.0. The lowest BCUT2D eigenvalue weighted by Crippen LogP contribution is -2.16. The molecule has 0 aliphatic rings. The van der Waals surface area contributed by atoms with E-state index in [1.807, 2.05) is 18.2 Å². The number of aromatic nitrogens is 2. The summed E-state index contributed by atoms with van der Waals surface area (Å²) in [6, 6.07) is 12.5. The Morgan fingerprint density at radius 1 is 1.13 bits per heavy atom. The second-order valence-electron chi connectivity index (χ2n) is 6.57. The molecule has 0 aliphatic heterocycles. The Hall–Kier alpha value is -3.43. The molecule has 30 heavy (non-hydrogen) atoms. The van der Waals surface area contributed by atoms with Crippen LogP contribution in [0.4, 0.5) is 16.4 Å². The third kappa shape index (κ3) is 3.85. The molecule has 9 heteroatoms. The lowest BCUT2D eigenvalue weighted by Gasteiger charge is -2.16. The molecule has 0 saturated carbocycles. The van der Waals surface area contributed by atoms with Crippen LogP contribution in [0.1, 0.15) is 0 Å². The number of fused-ring (bicyclic) bond motifs is 1. The first-order valence-electron chi connectivity index (χ1n) is 8.91. The molecule has 0 atom stereocenters. The van der Waals surface area contributed by atoms with Crippen molar-refractivity contribution in [2.24, 2.45) is 7.05 Å². The topological polar surface area (TPSA) is 93.1 Å². The van der Waals surface area contributed by atoms with Gasteiger partial charge in [0.2, 0.25) is 0 Å². The fourth-order valence-corrected chi connectivity index (χ4v) is 4.25. The van der Waals surface area contributed by atoms with E-state index < -0.39 is 10.0 Å². The smallest absolute Gasteiger partial charge is 0.258 e. The van der Waals surface area contributed by atoms with Crippen LogP contribution in [0.2, 0.25) is 0 Å². The molecule has 0 unspecified atom stereocenters. The van der Waals surface area contributed by atoms with E-state index in [-0.39, 0.29) is 5.56 Å². The number of benzene rings is 2. The van der Waals surface area contributed by atoms with Gasteiger partial charge < -0.3 is 9.88 Å². The van der Waals surface area contributed by atoms with Crippen molar-refractivity contribution in [3.8, 4) is 11.1 Å². The lowest BCUT2D eigenvalue weighted by molar-refractivity contribution is 0.609. The fraction of sp³-hybridized carbons (Fsp3) is 0.0476. The molecule has 0 radical (unpaired) electrons. The predicted octanol–water partition coefficient (Wildman–Crippen LogP) is 4.29. The molecule has 0 bridgehead atoms. The molecule has 0 aliphatic carbocycles. The monoisotopic (exact) mass is 438 g/mol. The van der Waals surface area contributed by atoms with Gasteiger partial charge in [0.25, 0.3) is 15.6 Å². The van der Waals surface area contributed by atoms with Crippen molar-refractivity contribution < 1.29 is 8.42 Å². The third-order valence-corrected chi connectivity index (χ3v) is 6.22. The van der Waals surface area contributed by atoms with Crippen LogP contribution in [0.5, 0.6) is 0 Å². The first kappa shape index (κ1) is 19.9. The maximum atomic E-state index is 12.6. The molecule has 4 aromatic rings. The number of rotatable bonds is 6. The zero-order chi connectivity index (χ0) is 21.3. The molecule has 0 amide bonds. The standard InChI is InChI=1S/C21H18N4O3S2/c1-3-30(27,28)24-14-8-9-19(23-20-11-22-13-29-20)17(10-14)18-12-25(2)21(26)16-7-5-4-6-15(16)18/h3-13,23-24H,1H2,2H3. The molecule has 152 valence electrons. The number of aryl methyl sites for hydroxylation is 1. The van der Waals surface area contributed by atoms with Crippen molar-refractivity contribution in [2.75, 3.05) is 10.0 Å². The van der Waals surface area contributed by atoms with E-state index in [9.17, 15) is 13.2 Å². The summed E-state index contributed by atoms with van der Waals surface area (Å²) in [5.74, 6) is 0. The Bertz CT molecular complexity index is 1410. The van der Waals surface area contributed by atoms with E-state index in [0.29, 0.717) is 11.1 Å². The van der Waals surface area contributed by atoms with Gasteiger partial charge in [-0.05, 0) is 29.7 Å². The summed E-state index contributed by atoms with van der Waals surface area (Å²) in [6.07, 6.45) is 3.46. The van der Waals surface area contributed by atoms with Gasteiger partial charge in [0.15, 0.2) is 0 Å². The summed E-state index contributed by atoms with van der Waals surface area (Å²) in [6.45, 7) is 3.33. The summed E-state index contributed by atoms with van der Waals surface area (Å²) in [5, 5.41) is 6.38. The number of thiazole rings is 1. The van der Waals surface area contributed by atoms with E-state index in [0.717, 1.165) is 32.6 Å². The van der Waals surface area contributed by atoms with Gasteiger partial charge in [0, 0.05) is 46.5 Å². The molecule has 0 fully saturated rings. The van der Waals surface area contributed by atoms with E-state index in [4.69, 9.17) is 0 Å². The van der Waals surface area contributed by atoms with Gasteiger partial charge in [-0.25, -0.2) is 8.42 Å². The fourth-order valence-electron chi connectivity index (χ4n) is 3.19. The summed E-state index contributed by atoms with van der Waals surface area (Å²) in [5.41, 5.74) is 4.28. The van der Waals surface area contributed by atoms with Crippen molar-refractivity contribution in [2.45, 2.75) is 0 Å². The predicted molar refractivity (Wildman–Crippen MR) is 123 cm³/mol. The first-order chi connectivity index (χ1) is 14.4. The maximum Gasteiger partial charge on any atom is 0.258 e. The molecule has 2 N–H and O–H groups in total. The largest absolute Gasteiger partial charge is 0.345 e. The van der Waals surface area contributed by atoms with Gasteiger partial charge >= 0.3 is 0 Å². The minimum absolute atomic E-state index is 0.102. The second-order valence-corrected chi connectivity index (χ2v) is 9.08. The number of sulfonamides is 1. The summed E-state index contributed by atoms with van der Waals surface area (Å²) in [7, 11) is -1.97. The molecule has 4 rings (SSSR count). The Morgan fingerprint density at radius 3 is 2.60 bits per heavy atom. The molecule has 7 nitrogen and oxygen atoms in total. The minimum atomic E-state index is -3.66. The quantitative estimate of drug-likeness (QED) is 0.468. The van der Waals surface area contributed by atoms with Crippen LogP contribution >= 0.6 is 11.3 Å². The second kappa shape index (κ2) is 7.77. The lowest BCUT2D eigenvalue weighted by atomic mass is 9.98. The molecule has 2 aromatic heterocycles. The summed E-state index contributed by atoms with van der Waals surface area (Å²) in [4.78, 5) is 16.7. The van der Waals surface area contributed by atoms with Crippen LogP contribution in [-0.2, 0) is 17.1 Å².